The van der Waals surface area contributed by atoms with Crippen LogP contribution < -0.4 is 10.3 Å². The lowest BCUT2D eigenvalue weighted by atomic mass is 9.86. The summed E-state index contributed by atoms with van der Waals surface area (Å²) in [7, 11) is 2.02. The van der Waals surface area contributed by atoms with Gasteiger partial charge in [-0.15, -0.1) is 0 Å². The number of amides is 1. The fraction of sp³-hybridized carbons (Fsp3) is 0.385. The number of carbonyl (C=O) groups excluding carboxylic acids is 2. The molecule has 3 aliphatic rings. The van der Waals surface area contributed by atoms with Crippen molar-refractivity contribution in [3.63, 3.8) is 0 Å². The van der Waals surface area contributed by atoms with Crippen molar-refractivity contribution in [1.82, 2.24) is 19.4 Å². The zero-order chi connectivity index (χ0) is 25.2. The highest BCUT2D eigenvalue weighted by Gasteiger charge is 2.45. The first-order valence-electron chi connectivity index (χ1n) is 12.0. The maximum atomic E-state index is 13.3. The molecule has 0 radical (unpaired) electrons. The molecule has 36 heavy (non-hydrogen) atoms. The van der Waals surface area contributed by atoms with Crippen molar-refractivity contribution in [2.24, 2.45) is 0 Å². The Hall–Kier alpha value is -3.76. The van der Waals surface area contributed by atoms with Gasteiger partial charge in [-0.25, -0.2) is 14.6 Å². The molecular weight excluding hydrogens is 464 g/mol. The van der Waals surface area contributed by atoms with Gasteiger partial charge in [-0.1, -0.05) is 13.0 Å². The van der Waals surface area contributed by atoms with E-state index in [1.165, 1.54) is 0 Å². The molecule has 10 nitrogen and oxygen atoms in total. The Bertz CT molecular complexity index is 1490. The highest BCUT2D eigenvalue weighted by Crippen LogP contribution is 2.39. The molecule has 186 valence electrons. The predicted octanol–water partition coefficient (Wildman–Crippen LogP) is 1.83. The van der Waals surface area contributed by atoms with Gasteiger partial charge in [0, 0.05) is 42.7 Å². The van der Waals surface area contributed by atoms with Gasteiger partial charge in [0.25, 0.3) is 5.56 Å². The second-order valence-electron chi connectivity index (χ2n) is 9.58. The van der Waals surface area contributed by atoms with Crippen molar-refractivity contribution in [3.8, 4) is 17.1 Å². The highest BCUT2D eigenvalue weighted by atomic mass is 16.6. The van der Waals surface area contributed by atoms with Crippen LogP contribution in [0.25, 0.3) is 22.3 Å². The SMILES string of the molecule is CC[C@@]1(O)C(=O)OCc2c1cc1n(c2=O)Cc2cc3c(OC(=O)N4CCN(C)CC4)cccc3nc2-1. The summed E-state index contributed by atoms with van der Waals surface area (Å²) in [6.07, 6.45) is -0.311. The van der Waals surface area contributed by atoms with Gasteiger partial charge in [-0.3, -0.25) is 4.79 Å². The van der Waals surface area contributed by atoms with E-state index in [-0.39, 0.29) is 36.3 Å². The number of rotatable bonds is 2. The number of pyridine rings is 2. The number of likely N-dealkylation sites (N-methyl/N-ethyl adjacent to an activating group) is 1. The van der Waals surface area contributed by atoms with Crippen LogP contribution in [0.15, 0.2) is 35.1 Å². The Morgan fingerprint density at radius 3 is 2.72 bits per heavy atom. The summed E-state index contributed by atoms with van der Waals surface area (Å²) < 4.78 is 12.5. The van der Waals surface area contributed by atoms with Gasteiger partial charge in [0.15, 0.2) is 5.60 Å². The van der Waals surface area contributed by atoms with Gasteiger partial charge in [-0.05, 0) is 37.7 Å². The number of esters is 1. The highest BCUT2D eigenvalue weighted by molar-refractivity contribution is 5.91. The van der Waals surface area contributed by atoms with E-state index in [1.807, 2.05) is 19.2 Å². The molecule has 1 aromatic carbocycles. The monoisotopic (exact) mass is 490 g/mol. The normalized spacial score (nSPS) is 21.1. The fourth-order valence-corrected chi connectivity index (χ4v) is 5.21. The first kappa shape index (κ1) is 22.7. The molecule has 10 heteroatoms. The number of aliphatic hydroxyl groups is 1. The number of ether oxygens (including phenoxy) is 2. The van der Waals surface area contributed by atoms with Gasteiger partial charge in [0.1, 0.15) is 12.4 Å². The number of hydrogen-bond donors (Lipinski definition) is 1. The number of hydrogen-bond acceptors (Lipinski definition) is 8. The number of fused-ring (bicyclic) bond motifs is 5. The lowest BCUT2D eigenvalue weighted by Gasteiger charge is -2.31. The van der Waals surface area contributed by atoms with Crippen molar-refractivity contribution in [2.45, 2.75) is 32.1 Å². The number of benzene rings is 1. The number of cyclic esters (lactones) is 1. The molecule has 0 spiro atoms. The molecule has 0 saturated carbocycles. The molecule has 0 unspecified atom stereocenters. The van der Waals surface area contributed by atoms with Crippen molar-refractivity contribution in [1.29, 1.82) is 0 Å². The number of aromatic nitrogens is 2. The molecule has 1 atom stereocenters. The Morgan fingerprint density at radius 1 is 1.19 bits per heavy atom. The molecule has 0 bridgehead atoms. The Balaban J connectivity index is 1.40. The van der Waals surface area contributed by atoms with E-state index >= 15 is 0 Å². The first-order chi connectivity index (χ1) is 17.3. The van der Waals surface area contributed by atoms with Crippen LogP contribution in [0, 0.1) is 0 Å². The lowest BCUT2D eigenvalue weighted by Crippen LogP contribution is -2.48. The zero-order valence-corrected chi connectivity index (χ0v) is 20.1. The average molecular weight is 491 g/mol. The zero-order valence-electron chi connectivity index (χ0n) is 20.1. The van der Waals surface area contributed by atoms with E-state index in [0.717, 1.165) is 18.7 Å². The maximum Gasteiger partial charge on any atom is 0.415 e. The molecule has 3 aromatic rings. The van der Waals surface area contributed by atoms with Crippen LogP contribution in [0.3, 0.4) is 0 Å². The van der Waals surface area contributed by atoms with E-state index in [2.05, 4.69) is 4.90 Å². The summed E-state index contributed by atoms with van der Waals surface area (Å²) in [5, 5.41) is 11.7. The largest absolute Gasteiger partial charge is 0.458 e. The van der Waals surface area contributed by atoms with E-state index in [1.54, 1.807) is 34.6 Å². The minimum atomic E-state index is -1.87. The Kier molecular flexibility index (Phi) is 5.13. The summed E-state index contributed by atoms with van der Waals surface area (Å²) in [5.41, 5.74) is 0.916. The van der Waals surface area contributed by atoms with Crippen LogP contribution in [0.4, 0.5) is 4.79 Å². The summed E-state index contributed by atoms with van der Waals surface area (Å²) in [5.74, 6) is -0.341. The quantitative estimate of drug-likeness (QED) is 0.424. The minimum absolute atomic E-state index is 0.0851. The second-order valence-corrected chi connectivity index (χ2v) is 9.58. The number of nitrogens with zero attached hydrogens (tertiary/aromatic N) is 4. The van der Waals surface area contributed by atoms with Gasteiger partial charge >= 0.3 is 12.1 Å². The van der Waals surface area contributed by atoms with Crippen LogP contribution in [0.1, 0.15) is 30.0 Å². The number of carbonyl (C=O) groups is 2. The predicted molar refractivity (Wildman–Crippen MR) is 130 cm³/mol. The van der Waals surface area contributed by atoms with Crippen LogP contribution in [-0.2, 0) is 28.3 Å². The summed E-state index contributed by atoms with van der Waals surface area (Å²) in [6.45, 7) is 4.57. The standard InChI is InChI=1S/C26H26N4O6/c1-3-26(34)18-12-20-22-15(13-30(20)23(31)17(18)14-35-24(26)32)11-16-19(27-22)5-4-6-21(16)36-25(33)29-9-7-28(2)8-10-29/h4-6,11-12,34H,3,7-10,13-14H2,1-2H3/t26-/m0/s1. The summed E-state index contributed by atoms with van der Waals surface area (Å²) >= 11 is 0. The molecular formula is C26H26N4O6. The van der Waals surface area contributed by atoms with Gasteiger partial charge in [0.05, 0.1) is 29.0 Å². The topological polar surface area (TPSA) is 114 Å². The third-order valence-electron chi connectivity index (χ3n) is 7.47. The maximum absolute atomic E-state index is 13.3. The molecule has 0 aliphatic carbocycles. The van der Waals surface area contributed by atoms with Crippen LogP contribution in [0.5, 0.6) is 5.75 Å². The molecule has 1 saturated heterocycles. The van der Waals surface area contributed by atoms with E-state index in [4.69, 9.17) is 14.5 Å². The number of piperazine rings is 1. The van der Waals surface area contributed by atoms with Crippen molar-refractivity contribution >= 4 is 23.0 Å². The van der Waals surface area contributed by atoms with Crippen molar-refractivity contribution in [3.05, 3.63) is 57.4 Å². The molecule has 1 N–H and O–H groups in total. The Labute approximate surface area is 206 Å². The van der Waals surface area contributed by atoms with Crippen LogP contribution in [-0.4, -0.2) is 69.7 Å². The van der Waals surface area contributed by atoms with E-state index < -0.39 is 17.7 Å². The van der Waals surface area contributed by atoms with Gasteiger partial charge < -0.3 is 28.9 Å². The molecule has 6 rings (SSSR count). The molecule has 1 fully saturated rings. The first-order valence-corrected chi connectivity index (χ1v) is 12.0. The van der Waals surface area contributed by atoms with Crippen molar-refractivity contribution in [2.75, 3.05) is 33.2 Å². The summed E-state index contributed by atoms with van der Waals surface area (Å²) in [6, 6.07) is 8.91. The minimum Gasteiger partial charge on any atom is -0.458 e. The third kappa shape index (κ3) is 3.32. The fourth-order valence-electron chi connectivity index (χ4n) is 5.21. The Morgan fingerprint density at radius 2 is 1.97 bits per heavy atom. The molecule has 3 aliphatic heterocycles. The average Bonchev–Trinajstić information content (AvgIpc) is 3.24. The molecule has 5 heterocycles. The van der Waals surface area contributed by atoms with Gasteiger partial charge in [-0.2, -0.15) is 0 Å². The molecule has 2 aromatic heterocycles. The lowest BCUT2D eigenvalue weighted by molar-refractivity contribution is -0.172. The second kappa shape index (κ2) is 8.14. The van der Waals surface area contributed by atoms with Crippen molar-refractivity contribution < 1.29 is 24.2 Å². The smallest absolute Gasteiger partial charge is 0.415 e. The van der Waals surface area contributed by atoms with Gasteiger partial charge in [0.2, 0.25) is 0 Å². The van der Waals surface area contributed by atoms with Crippen LogP contribution >= 0.6 is 0 Å². The molecule has 1 amide bonds. The third-order valence-corrected chi connectivity index (χ3v) is 7.47. The van der Waals surface area contributed by atoms with E-state index in [0.29, 0.717) is 41.1 Å². The van der Waals surface area contributed by atoms with E-state index in [9.17, 15) is 19.5 Å². The van der Waals surface area contributed by atoms with Crippen LogP contribution in [0.2, 0.25) is 0 Å². The summed E-state index contributed by atoms with van der Waals surface area (Å²) in [4.78, 5) is 47.1.